The fourth-order valence-corrected chi connectivity index (χ4v) is 3.31. The van der Waals surface area contributed by atoms with Crippen molar-refractivity contribution in [3.05, 3.63) is 17.0 Å². The average Bonchev–Trinajstić information content (AvgIpc) is 2.75. The van der Waals surface area contributed by atoms with Crippen LogP contribution in [0.4, 0.5) is 0 Å². The zero-order chi connectivity index (χ0) is 14.7. The highest BCUT2D eigenvalue weighted by Crippen LogP contribution is 2.25. The van der Waals surface area contributed by atoms with E-state index in [1.54, 1.807) is 13.2 Å². The number of amides is 1. The van der Waals surface area contributed by atoms with Crippen molar-refractivity contribution < 1.29 is 17.9 Å². The molecule has 1 aromatic rings. The summed E-state index contributed by atoms with van der Waals surface area (Å²) in [4.78, 5) is 12.3. The van der Waals surface area contributed by atoms with Gasteiger partial charge in [0.1, 0.15) is 4.21 Å². The minimum absolute atomic E-state index is 0.0502. The third-order valence-electron chi connectivity index (χ3n) is 2.48. The molecule has 108 valence electrons. The lowest BCUT2D eigenvalue weighted by Crippen LogP contribution is -2.40. The summed E-state index contributed by atoms with van der Waals surface area (Å²) in [6.45, 7) is 4.10. The molecule has 0 aliphatic carbocycles. The largest absolute Gasteiger partial charge is 0.377 e. The van der Waals surface area contributed by atoms with E-state index in [0.717, 1.165) is 11.3 Å². The summed E-state index contributed by atoms with van der Waals surface area (Å²) in [5.74, 6) is -0.189. The Labute approximate surface area is 121 Å². The third kappa shape index (κ3) is 5.48. The first-order chi connectivity index (χ1) is 8.64. The van der Waals surface area contributed by atoms with E-state index >= 15 is 0 Å². The molecule has 8 heteroatoms. The van der Waals surface area contributed by atoms with Gasteiger partial charge in [-0.05, 0) is 26.0 Å². The fraction of sp³-hybridized carbons (Fsp3) is 0.545. The minimum Gasteiger partial charge on any atom is -0.377 e. The normalized spacial score (nSPS) is 12.4. The van der Waals surface area contributed by atoms with E-state index in [1.807, 2.05) is 13.8 Å². The van der Waals surface area contributed by atoms with Gasteiger partial charge in [-0.1, -0.05) is 0 Å². The Hall–Kier alpha value is -0.630. The van der Waals surface area contributed by atoms with Crippen molar-refractivity contribution in [2.24, 2.45) is 0 Å². The Morgan fingerprint density at radius 1 is 1.47 bits per heavy atom. The van der Waals surface area contributed by atoms with Crippen molar-refractivity contribution in [2.75, 3.05) is 13.7 Å². The van der Waals surface area contributed by atoms with Crippen molar-refractivity contribution in [1.82, 2.24) is 5.32 Å². The Balaban J connectivity index is 2.56. The highest BCUT2D eigenvalue weighted by atomic mass is 35.7. The van der Waals surface area contributed by atoms with E-state index in [4.69, 9.17) is 15.4 Å². The number of hydrogen-bond donors (Lipinski definition) is 1. The lowest BCUT2D eigenvalue weighted by molar-refractivity contribution is -0.121. The predicted molar refractivity (Wildman–Crippen MR) is 75.2 cm³/mol. The summed E-state index contributed by atoms with van der Waals surface area (Å²) in [6.07, 6.45) is 0.122. The molecule has 1 heterocycles. The van der Waals surface area contributed by atoms with Crippen LogP contribution in [0.15, 0.2) is 16.3 Å². The maximum Gasteiger partial charge on any atom is 0.270 e. The first-order valence-corrected chi connectivity index (χ1v) is 8.62. The number of rotatable bonds is 6. The second-order valence-electron chi connectivity index (χ2n) is 4.58. The second kappa shape index (κ2) is 6.21. The standard InChI is InChI=1S/C11H16ClNO4S2/c1-11(2,17-3)7-13-9(14)6-8-4-5-10(18-8)19(12,15)16/h4-5H,6-7H2,1-3H3,(H,13,14). The van der Waals surface area contributed by atoms with Crippen LogP contribution in [0.1, 0.15) is 18.7 Å². The molecular weight excluding hydrogens is 310 g/mol. The second-order valence-corrected chi connectivity index (χ2v) is 8.54. The van der Waals surface area contributed by atoms with Gasteiger partial charge in [-0.3, -0.25) is 4.79 Å². The van der Waals surface area contributed by atoms with Crippen molar-refractivity contribution in [2.45, 2.75) is 30.1 Å². The molecule has 0 saturated carbocycles. The monoisotopic (exact) mass is 325 g/mol. The van der Waals surface area contributed by atoms with Gasteiger partial charge < -0.3 is 10.1 Å². The molecule has 0 radical (unpaired) electrons. The molecule has 5 nitrogen and oxygen atoms in total. The van der Waals surface area contributed by atoms with Gasteiger partial charge >= 0.3 is 0 Å². The molecular formula is C11H16ClNO4S2. The van der Waals surface area contributed by atoms with E-state index in [0.29, 0.717) is 11.4 Å². The van der Waals surface area contributed by atoms with Gasteiger partial charge in [-0.2, -0.15) is 0 Å². The van der Waals surface area contributed by atoms with E-state index in [2.05, 4.69) is 5.32 Å². The quantitative estimate of drug-likeness (QED) is 0.809. The van der Waals surface area contributed by atoms with Crippen LogP contribution in [0.2, 0.25) is 0 Å². The van der Waals surface area contributed by atoms with E-state index in [9.17, 15) is 13.2 Å². The van der Waals surface area contributed by atoms with Crippen molar-refractivity contribution >= 4 is 37.0 Å². The SMILES string of the molecule is COC(C)(C)CNC(=O)Cc1ccc(S(=O)(=O)Cl)s1. The fourth-order valence-electron chi connectivity index (χ4n) is 1.19. The van der Waals surface area contributed by atoms with Crippen LogP contribution in [-0.2, 0) is 25.0 Å². The molecule has 1 N–H and O–H groups in total. The van der Waals surface area contributed by atoms with Gasteiger partial charge in [0.05, 0.1) is 12.0 Å². The molecule has 19 heavy (non-hydrogen) atoms. The Morgan fingerprint density at radius 2 is 2.11 bits per heavy atom. The maximum absolute atomic E-state index is 11.7. The lowest BCUT2D eigenvalue weighted by Gasteiger charge is -2.22. The van der Waals surface area contributed by atoms with Gasteiger partial charge in [0.2, 0.25) is 5.91 Å². The van der Waals surface area contributed by atoms with Crippen LogP contribution in [-0.4, -0.2) is 33.6 Å². The average molecular weight is 326 g/mol. The van der Waals surface area contributed by atoms with Crippen LogP contribution in [0.25, 0.3) is 0 Å². The number of thiophene rings is 1. The van der Waals surface area contributed by atoms with Gasteiger partial charge in [0, 0.05) is 29.2 Å². The molecule has 0 unspecified atom stereocenters. The Kier molecular flexibility index (Phi) is 5.37. The molecule has 1 amide bonds. The van der Waals surface area contributed by atoms with Gasteiger partial charge in [-0.25, -0.2) is 8.42 Å². The molecule has 0 saturated heterocycles. The number of halogens is 1. The maximum atomic E-state index is 11.7. The van der Waals surface area contributed by atoms with Crippen molar-refractivity contribution in [3.8, 4) is 0 Å². The molecule has 0 aliphatic heterocycles. The summed E-state index contributed by atoms with van der Waals surface area (Å²) in [7, 11) is 3.07. The number of carbonyl (C=O) groups is 1. The topological polar surface area (TPSA) is 72.5 Å². The van der Waals surface area contributed by atoms with Crippen LogP contribution in [0, 0.1) is 0 Å². The Bertz CT molecular complexity index is 551. The van der Waals surface area contributed by atoms with Crippen LogP contribution < -0.4 is 5.32 Å². The smallest absolute Gasteiger partial charge is 0.270 e. The number of methoxy groups -OCH3 is 1. The summed E-state index contributed by atoms with van der Waals surface area (Å²) in [6, 6.07) is 2.98. The lowest BCUT2D eigenvalue weighted by atomic mass is 10.1. The molecule has 0 atom stereocenters. The molecule has 0 aliphatic rings. The van der Waals surface area contributed by atoms with Crippen molar-refractivity contribution in [1.29, 1.82) is 0 Å². The molecule has 0 bridgehead atoms. The molecule has 0 aromatic carbocycles. The van der Waals surface area contributed by atoms with Crippen LogP contribution >= 0.6 is 22.0 Å². The first-order valence-electron chi connectivity index (χ1n) is 5.49. The zero-order valence-electron chi connectivity index (χ0n) is 10.9. The van der Waals surface area contributed by atoms with Gasteiger partial charge in [0.15, 0.2) is 0 Å². The Morgan fingerprint density at radius 3 is 2.58 bits per heavy atom. The van der Waals surface area contributed by atoms with E-state index < -0.39 is 14.7 Å². The van der Waals surface area contributed by atoms with Gasteiger partial charge in [0.25, 0.3) is 9.05 Å². The molecule has 0 fully saturated rings. The summed E-state index contributed by atoms with van der Waals surface area (Å²) in [5.41, 5.74) is -0.435. The summed E-state index contributed by atoms with van der Waals surface area (Å²) < 4.78 is 27.4. The summed E-state index contributed by atoms with van der Waals surface area (Å²) >= 11 is 0.995. The minimum atomic E-state index is -3.72. The third-order valence-corrected chi connectivity index (χ3v) is 5.65. The first kappa shape index (κ1) is 16.4. The molecule has 0 spiro atoms. The highest BCUT2D eigenvalue weighted by Gasteiger charge is 2.18. The number of nitrogens with one attached hydrogen (secondary N) is 1. The number of ether oxygens (including phenoxy) is 1. The number of hydrogen-bond acceptors (Lipinski definition) is 5. The van der Waals surface area contributed by atoms with E-state index in [-0.39, 0.29) is 16.5 Å². The number of carbonyl (C=O) groups excluding carboxylic acids is 1. The molecule has 1 rings (SSSR count). The zero-order valence-corrected chi connectivity index (χ0v) is 13.3. The van der Waals surface area contributed by atoms with E-state index in [1.165, 1.54) is 6.07 Å². The molecule has 1 aromatic heterocycles. The van der Waals surface area contributed by atoms with Crippen molar-refractivity contribution in [3.63, 3.8) is 0 Å². The highest BCUT2D eigenvalue weighted by molar-refractivity contribution is 8.15. The van der Waals surface area contributed by atoms with Gasteiger partial charge in [-0.15, -0.1) is 11.3 Å². The predicted octanol–water partition coefficient (Wildman–Crippen LogP) is 1.76. The summed E-state index contributed by atoms with van der Waals surface area (Å²) in [5, 5.41) is 2.73. The van der Waals surface area contributed by atoms with Crippen LogP contribution in [0.3, 0.4) is 0 Å². The van der Waals surface area contributed by atoms with Crippen LogP contribution in [0.5, 0.6) is 0 Å².